The lowest BCUT2D eigenvalue weighted by atomic mass is 9.94. The number of carbonyl (C=O) groups excluding carboxylic acids is 6. The number of carboxylic acids is 1. The number of amides is 5. The topological polar surface area (TPSA) is 240 Å². The van der Waals surface area contributed by atoms with E-state index < -0.39 is 66.0 Å². The van der Waals surface area contributed by atoms with Crippen LogP contribution in [0.25, 0.3) is 22.4 Å². The minimum Gasteiger partial charge on any atom is -0.491 e. The van der Waals surface area contributed by atoms with E-state index in [0.717, 1.165) is 4.90 Å². The number of carbonyl (C=O) groups is 7. The number of aliphatic hydroxyl groups is 2. The summed E-state index contributed by atoms with van der Waals surface area (Å²) in [6.45, 7) is 4.28. The molecule has 17 nitrogen and oxygen atoms in total. The van der Waals surface area contributed by atoms with Crippen LogP contribution in [0.5, 0.6) is 11.5 Å². The quantitative estimate of drug-likeness (QED) is 0.0327. The van der Waals surface area contributed by atoms with Gasteiger partial charge in [-0.25, -0.2) is 4.39 Å². The Labute approximate surface area is 408 Å². The van der Waals surface area contributed by atoms with Gasteiger partial charge >= 0.3 is 5.97 Å². The molecule has 0 bridgehead atoms. The van der Waals surface area contributed by atoms with Crippen LogP contribution in [0, 0.1) is 5.82 Å². The number of ether oxygens (including phenoxy) is 3. The molecule has 0 radical (unpaired) electrons. The lowest BCUT2D eigenvalue weighted by Gasteiger charge is -2.27. The summed E-state index contributed by atoms with van der Waals surface area (Å²) in [5, 5.41) is 35.6. The van der Waals surface area contributed by atoms with Crippen molar-refractivity contribution in [2.24, 2.45) is 0 Å². The molecule has 2 aliphatic rings. The van der Waals surface area contributed by atoms with E-state index in [-0.39, 0.29) is 93.7 Å². The highest BCUT2D eigenvalue weighted by Crippen LogP contribution is 2.43. The van der Waals surface area contributed by atoms with Crippen molar-refractivity contribution in [1.29, 1.82) is 0 Å². The van der Waals surface area contributed by atoms with Crippen molar-refractivity contribution in [3.63, 3.8) is 0 Å². The molecule has 18 heteroatoms. The molecule has 0 aliphatic carbocycles. The van der Waals surface area contributed by atoms with Crippen LogP contribution >= 0.6 is 0 Å². The first kappa shape index (κ1) is 51.3. The minimum atomic E-state index is -1.26. The Morgan fingerprint density at radius 1 is 0.817 bits per heavy atom. The first-order valence-corrected chi connectivity index (χ1v) is 23.4. The number of aliphatic carboxylic acids is 1. The van der Waals surface area contributed by atoms with E-state index in [1.54, 1.807) is 48.5 Å². The van der Waals surface area contributed by atoms with Crippen molar-refractivity contribution in [1.82, 2.24) is 14.8 Å². The largest absolute Gasteiger partial charge is 0.491 e. The fourth-order valence-electron chi connectivity index (χ4n) is 8.84. The summed E-state index contributed by atoms with van der Waals surface area (Å²) in [6, 6.07) is 25.3. The third kappa shape index (κ3) is 12.4. The van der Waals surface area contributed by atoms with Gasteiger partial charge in [0.25, 0.3) is 17.7 Å². The van der Waals surface area contributed by atoms with E-state index in [1.807, 2.05) is 36.6 Å². The molecule has 0 spiro atoms. The zero-order chi connectivity index (χ0) is 50.8. The van der Waals surface area contributed by atoms with E-state index in [2.05, 4.69) is 10.6 Å². The number of nitrogens with one attached hydrogen (secondary N) is 2. The summed E-state index contributed by atoms with van der Waals surface area (Å²) in [6.07, 6.45) is -2.45. The van der Waals surface area contributed by atoms with Gasteiger partial charge in [0, 0.05) is 42.9 Å². The number of aromatic nitrogens is 1. The van der Waals surface area contributed by atoms with Crippen molar-refractivity contribution in [3.05, 3.63) is 125 Å². The highest BCUT2D eigenvalue weighted by atomic mass is 19.1. The molecule has 5 amide bonds. The Bertz CT molecular complexity index is 2780. The van der Waals surface area contributed by atoms with Crippen LogP contribution in [0.3, 0.4) is 0 Å². The number of nitrogens with zero attached hydrogens (tertiary/aromatic N) is 2. The summed E-state index contributed by atoms with van der Waals surface area (Å²) in [4.78, 5) is 89.8. The van der Waals surface area contributed by atoms with E-state index in [4.69, 9.17) is 19.3 Å². The Hall–Kier alpha value is -7.54. The van der Waals surface area contributed by atoms with E-state index in [0.29, 0.717) is 51.5 Å². The van der Waals surface area contributed by atoms with Crippen LogP contribution < -0.4 is 20.1 Å². The third-order valence-electron chi connectivity index (χ3n) is 12.1. The number of Topliss-reactive ketones (excluding diaryl/α,β-unsaturated/α-hetero) is 1. The van der Waals surface area contributed by atoms with Gasteiger partial charge in [0.2, 0.25) is 11.8 Å². The van der Waals surface area contributed by atoms with Gasteiger partial charge in [-0.1, -0.05) is 50.2 Å². The Kier molecular flexibility index (Phi) is 16.9. The molecule has 1 unspecified atom stereocenters. The number of fused-ring (bicyclic) bond motifs is 1. The van der Waals surface area contributed by atoms with Crippen LogP contribution in [0.1, 0.15) is 101 Å². The summed E-state index contributed by atoms with van der Waals surface area (Å²) < 4.78 is 33.7. The number of piperidine rings is 1. The molecule has 0 saturated carbocycles. The summed E-state index contributed by atoms with van der Waals surface area (Å²) in [5.74, 6) is -4.64. The molecule has 2 aliphatic heterocycles. The second-order valence-electron chi connectivity index (χ2n) is 17.6. The van der Waals surface area contributed by atoms with E-state index in [9.17, 15) is 48.2 Å². The Morgan fingerprint density at radius 3 is 2.23 bits per heavy atom. The van der Waals surface area contributed by atoms with Gasteiger partial charge in [0.05, 0.1) is 47.6 Å². The molecule has 372 valence electrons. The highest BCUT2D eigenvalue weighted by molar-refractivity contribution is 6.24. The van der Waals surface area contributed by atoms with Crippen molar-refractivity contribution in [2.75, 3.05) is 31.7 Å². The Morgan fingerprint density at radius 2 is 1.54 bits per heavy atom. The van der Waals surface area contributed by atoms with Crippen LogP contribution in [0.2, 0.25) is 0 Å². The average Bonchev–Trinajstić information content (AvgIpc) is 3.81. The molecule has 5 aromatic rings. The number of rotatable bonds is 24. The molecule has 7 rings (SSSR count). The summed E-state index contributed by atoms with van der Waals surface area (Å²) >= 11 is 0. The molecule has 5 N–H and O–H groups in total. The number of benzene rings is 4. The van der Waals surface area contributed by atoms with E-state index in [1.165, 1.54) is 30.3 Å². The minimum absolute atomic E-state index is 0.00815. The number of carboxylic acid groups (broad SMARTS) is 1. The zero-order valence-corrected chi connectivity index (χ0v) is 39.2. The van der Waals surface area contributed by atoms with Crippen LogP contribution in [0.4, 0.5) is 10.1 Å². The SMILES string of the molecule is CC(C)c1c(C(=O)Nc2ccccc2)c(-c2ccc(OCCOCCCC(=O)COc3cccc4c3C(=O)N(C3CCC(=O)NC3=O)C4=O)cc2)c(-c2ccc(F)cc2)n1CC[C@@H](O)C[C@@H](O)CC(=O)O. The number of hydrogen-bond donors (Lipinski definition) is 5. The van der Waals surface area contributed by atoms with Crippen molar-refractivity contribution in [2.45, 2.75) is 89.5 Å². The Balaban J connectivity index is 0.985. The molecular weight excluding hydrogens is 920 g/mol. The van der Waals surface area contributed by atoms with Gasteiger partial charge in [-0.05, 0) is 103 Å². The van der Waals surface area contributed by atoms with Crippen LogP contribution in [-0.2, 0) is 30.5 Å². The van der Waals surface area contributed by atoms with Gasteiger partial charge in [-0.15, -0.1) is 0 Å². The number of ketones is 1. The maximum absolute atomic E-state index is 14.5. The molecule has 3 atom stereocenters. The molecule has 4 aromatic carbocycles. The molecule has 1 fully saturated rings. The first-order chi connectivity index (χ1) is 34.1. The molecule has 3 heterocycles. The molecule has 1 saturated heterocycles. The van der Waals surface area contributed by atoms with Crippen LogP contribution in [-0.4, -0.2) is 111 Å². The zero-order valence-electron chi connectivity index (χ0n) is 39.2. The lowest BCUT2D eigenvalue weighted by Crippen LogP contribution is -2.54. The number of aliphatic hydroxyl groups excluding tert-OH is 2. The number of anilines is 1. The second kappa shape index (κ2) is 23.4. The standard InChI is InChI=1S/C53H55FN4O13/c1-31(2)48-47(51(66)55-35-8-4-3-5-9-35)45(49(33-13-17-34(54)18-14-33)57(48)24-23-36(59)28-38(61)29-44(63)64)32-15-19-39(20-16-32)70-27-26-69-25-7-10-37(60)30-71-42-12-6-11-40-46(42)53(68)58(52(40)67)41-21-22-43(62)56-50(41)65/h3-6,8-9,11-20,31,36,38,41,59,61H,7,10,21-30H2,1-2H3,(H,55,66)(H,63,64)(H,56,62,65)/t36-,38-,41?/m1/s1. The monoisotopic (exact) mass is 974 g/mol. The molecule has 1 aromatic heterocycles. The third-order valence-corrected chi connectivity index (χ3v) is 12.1. The number of para-hydroxylation sites is 1. The maximum atomic E-state index is 14.5. The highest BCUT2D eigenvalue weighted by Gasteiger charge is 2.46. The first-order valence-electron chi connectivity index (χ1n) is 23.4. The maximum Gasteiger partial charge on any atom is 0.305 e. The van der Waals surface area contributed by atoms with Crippen molar-refractivity contribution >= 4 is 47.0 Å². The van der Waals surface area contributed by atoms with Gasteiger partial charge in [0.1, 0.15) is 36.6 Å². The second-order valence-corrected chi connectivity index (χ2v) is 17.6. The smallest absolute Gasteiger partial charge is 0.305 e. The fraction of sp³-hybridized carbons (Fsp3) is 0.340. The van der Waals surface area contributed by atoms with E-state index >= 15 is 0 Å². The summed E-state index contributed by atoms with van der Waals surface area (Å²) in [5.41, 5.74) is 3.96. The summed E-state index contributed by atoms with van der Waals surface area (Å²) in [7, 11) is 0. The number of imide groups is 2. The number of halogens is 1. The van der Waals surface area contributed by atoms with Crippen LogP contribution in [0.15, 0.2) is 97.1 Å². The van der Waals surface area contributed by atoms with Gasteiger partial charge in [-0.2, -0.15) is 0 Å². The molecule has 71 heavy (non-hydrogen) atoms. The number of hydrogen-bond acceptors (Lipinski definition) is 12. The fourth-order valence-corrected chi connectivity index (χ4v) is 8.84. The van der Waals surface area contributed by atoms with Crippen molar-refractivity contribution < 1.29 is 67.5 Å². The normalized spacial score (nSPS) is 15.4. The van der Waals surface area contributed by atoms with Gasteiger partial charge in [-0.3, -0.25) is 43.8 Å². The lowest BCUT2D eigenvalue weighted by molar-refractivity contribution is -0.140. The average molecular weight is 975 g/mol. The van der Waals surface area contributed by atoms with Gasteiger partial charge in [0.15, 0.2) is 5.78 Å². The predicted molar refractivity (Wildman–Crippen MR) is 256 cm³/mol. The molecular formula is C53H55FN4O13. The predicted octanol–water partition coefficient (Wildman–Crippen LogP) is 6.54. The van der Waals surface area contributed by atoms with Gasteiger partial charge < -0.3 is 39.4 Å². The van der Waals surface area contributed by atoms with Crippen molar-refractivity contribution in [3.8, 4) is 33.9 Å².